The van der Waals surface area contributed by atoms with Gasteiger partial charge in [-0.3, -0.25) is 4.79 Å². The molecule has 3 aromatic rings. The van der Waals surface area contributed by atoms with Gasteiger partial charge in [-0.25, -0.2) is 4.98 Å². The van der Waals surface area contributed by atoms with Crippen LogP contribution in [-0.2, 0) is 6.42 Å². The number of fused-ring (bicyclic) bond motifs is 1. The quantitative estimate of drug-likeness (QED) is 0.394. The molecular formula is C20H18Br2ClN3O2. The molecule has 0 saturated carbocycles. The zero-order chi connectivity index (χ0) is 20.4. The SMILES string of the molecule is CCc1nc2ccc(Br)cc2c(=O)n1N=Cc1cc(Cl)c(OC(C)C)c(Br)c1. The first kappa shape index (κ1) is 21.0. The summed E-state index contributed by atoms with van der Waals surface area (Å²) in [5.74, 6) is 1.17. The second-order valence-corrected chi connectivity index (χ2v) is 8.56. The molecule has 8 heteroatoms. The molecule has 0 radical (unpaired) electrons. The number of aryl methyl sites for hydroxylation is 1. The topological polar surface area (TPSA) is 56.5 Å². The summed E-state index contributed by atoms with van der Waals surface area (Å²) in [4.78, 5) is 17.5. The van der Waals surface area contributed by atoms with Gasteiger partial charge in [0.2, 0.25) is 0 Å². The van der Waals surface area contributed by atoms with Gasteiger partial charge in [-0.2, -0.15) is 9.78 Å². The van der Waals surface area contributed by atoms with Gasteiger partial charge in [0, 0.05) is 10.9 Å². The highest BCUT2D eigenvalue weighted by atomic mass is 79.9. The second-order valence-electron chi connectivity index (χ2n) is 6.38. The van der Waals surface area contributed by atoms with Crippen LogP contribution in [0.25, 0.3) is 10.9 Å². The Balaban J connectivity index is 2.06. The van der Waals surface area contributed by atoms with Crippen LogP contribution in [0.4, 0.5) is 0 Å². The molecule has 0 atom stereocenters. The molecule has 5 nitrogen and oxygen atoms in total. The summed E-state index contributed by atoms with van der Waals surface area (Å²) >= 11 is 13.2. The fourth-order valence-electron chi connectivity index (χ4n) is 2.67. The van der Waals surface area contributed by atoms with Gasteiger partial charge in [-0.1, -0.05) is 34.5 Å². The van der Waals surface area contributed by atoms with Crippen molar-refractivity contribution in [3.8, 4) is 5.75 Å². The molecular weight excluding hydrogens is 510 g/mol. The van der Waals surface area contributed by atoms with Crippen LogP contribution in [0.3, 0.4) is 0 Å². The molecule has 0 aliphatic rings. The van der Waals surface area contributed by atoms with Crippen molar-refractivity contribution in [3.63, 3.8) is 0 Å². The smallest absolute Gasteiger partial charge is 0.282 e. The molecule has 0 amide bonds. The lowest BCUT2D eigenvalue weighted by atomic mass is 10.2. The molecule has 0 saturated heterocycles. The predicted octanol–water partition coefficient (Wildman–Crippen LogP) is 5.81. The molecule has 0 spiro atoms. The maximum absolute atomic E-state index is 12.9. The Morgan fingerprint density at radius 1 is 1.29 bits per heavy atom. The number of nitrogens with zero attached hydrogens (tertiary/aromatic N) is 3. The van der Waals surface area contributed by atoms with Crippen molar-refractivity contribution in [1.29, 1.82) is 0 Å². The summed E-state index contributed by atoms with van der Waals surface area (Å²) in [6.07, 6.45) is 2.16. The lowest BCUT2D eigenvalue weighted by Crippen LogP contribution is -2.22. The van der Waals surface area contributed by atoms with Crippen LogP contribution in [0.5, 0.6) is 5.75 Å². The average molecular weight is 528 g/mol. The van der Waals surface area contributed by atoms with Crippen LogP contribution in [-0.4, -0.2) is 22.0 Å². The van der Waals surface area contributed by atoms with E-state index in [2.05, 4.69) is 41.9 Å². The van der Waals surface area contributed by atoms with Crippen LogP contribution in [0.15, 0.2) is 49.2 Å². The van der Waals surface area contributed by atoms with Gasteiger partial charge in [0.05, 0.1) is 32.7 Å². The number of hydrogen-bond donors (Lipinski definition) is 0. The molecule has 1 aromatic heterocycles. The Labute approximate surface area is 184 Å². The highest BCUT2D eigenvalue weighted by Gasteiger charge is 2.12. The van der Waals surface area contributed by atoms with Crippen molar-refractivity contribution in [3.05, 3.63) is 66.0 Å². The maximum Gasteiger partial charge on any atom is 0.282 e. The molecule has 0 unspecified atom stereocenters. The van der Waals surface area contributed by atoms with E-state index in [1.807, 2.05) is 39.0 Å². The van der Waals surface area contributed by atoms with Crippen molar-refractivity contribution in [2.75, 3.05) is 0 Å². The van der Waals surface area contributed by atoms with E-state index < -0.39 is 0 Å². The van der Waals surface area contributed by atoms with Crippen LogP contribution < -0.4 is 10.3 Å². The Kier molecular flexibility index (Phi) is 6.58. The highest BCUT2D eigenvalue weighted by Crippen LogP contribution is 2.34. The zero-order valence-electron chi connectivity index (χ0n) is 15.5. The van der Waals surface area contributed by atoms with E-state index in [0.717, 1.165) is 14.5 Å². The molecule has 2 aromatic carbocycles. The molecule has 0 aliphatic carbocycles. The first-order valence-electron chi connectivity index (χ1n) is 8.71. The highest BCUT2D eigenvalue weighted by molar-refractivity contribution is 9.10. The maximum atomic E-state index is 12.9. The largest absolute Gasteiger partial charge is 0.488 e. The summed E-state index contributed by atoms with van der Waals surface area (Å²) in [5.41, 5.74) is 1.16. The number of rotatable bonds is 5. The Bertz CT molecular complexity index is 1100. The minimum Gasteiger partial charge on any atom is -0.488 e. The van der Waals surface area contributed by atoms with Gasteiger partial charge >= 0.3 is 0 Å². The van der Waals surface area contributed by atoms with Crippen LogP contribution >= 0.6 is 43.5 Å². The first-order valence-corrected chi connectivity index (χ1v) is 10.7. The summed E-state index contributed by atoms with van der Waals surface area (Å²) in [7, 11) is 0. The summed E-state index contributed by atoms with van der Waals surface area (Å²) < 4.78 is 8.58. The molecule has 1 heterocycles. The van der Waals surface area contributed by atoms with Crippen LogP contribution in [0.2, 0.25) is 5.02 Å². The Morgan fingerprint density at radius 2 is 2.04 bits per heavy atom. The van der Waals surface area contributed by atoms with Crippen molar-refractivity contribution >= 4 is 60.6 Å². The van der Waals surface area contributed by atoms with E-state index in [-0.39, 0.29) is 11.7 Å². The van der Waals surface area contributed by atoms with Gasteiger partial charge in [0.1, 0.15) is 5.82 Å². The van der Waals surface area contributed by atoms with E-state index in [1.165, 1.54) is 4.68 Å². The number of ether oxygens (including phenoxy) is 1. The van der Waals surface area contributed by atoms with Gasteiger partial charge < -0.3 is 4.74 Å². The van der Waals surface area contributed by atoms with Gasteiger partial charge in [0.25, 0.3) is 5.56 Å². The molecule has 3 rings (SSSR count). The number of hydrogen-bond acceptors (Lipinski definition) is 4. The molecule has 0 fully saturated rings. The van der Waals surface area contributed by atoms with Crippen molar-refractivity contribution in [2.45, 2.75) is 33.3 Å². The zero-order valence-corrected chi connectivity index (χ0v) is 19.5. The number of aromatic nitrogens is 2. The van der Waals surface area contributed by atoms with Crippen LogP contribution in [0.1, 0.15) is 32.2 Å². The predicted molar refractivity (Wildman–Crippen MR) is 121 cm³/mol. The minimum atomic E-state index is -0.218. The van der Waals surface area contributed by atoms with Crippen molar-refractivity contribution in [2.24, 2.45) is 5.10 Å². The minimum absolute atomic E-state index is 0.00186. The third-order valence-electron chi connectivity index (χ3n) is 3.89. The Morgan fingerprint density at radius 3 is 2.68 bits per heavy atom. The number of halogens is 3. The standard InChI is InChI=1S/C20H18Br2ClN3O2/c1-4-18-25-17-6-5-13(21)9-14(17)20(27)26(18)24-10-12-7-15(22)19(16(23)8-12)28-11(2)3/h5-11H,4H2,1-3H3. The van der Waals surface area contributed by atoms with Crippen molar-refractivity contribution in [1.82, 2.24) is 9.66 Å². The fraction of sp³-hybridized carbons (Fsp3) is 0.250. The lowest BCUT2D eigenvalue weighted by molar-refractivity contribution is 0.241. The van der Waals surface area contributed by atoms with E-state index in [9.17, 15) is 4.79 Å². The lowest BCUT2D eigenvalue weighted by Gasteiger charge is -2.13. The average Bonchev–Trinajstić information content (AvgIpc) is 2.64. The molecule has 0 bridgehead atoms. The third kappa shape index (κ3) is 4.47. The third-order valence-corrected chi connectivity index (χ3v) is 5.25. The normalized spacial score (nSPS) is 11.7. The van der Waals surface area contributed by atoms with Crippen molar-refractivity contribution < 1.29 is 4.74 Å². The molecule has 28 heavy (non-hydrogen) atoms. The van der Waals surface area contributed by atoms with Gasteiger partial charge in [0.15, 0.2) is 5.75 Å². The Hall–Kier alpha value is -1.70. The first-order chi connectivity index (χ1) is 13.3. The summed E-state index contributed by atoms with van der Waals surface area (Å²) in [5, 5.41) is 5.35. The summed E-state index contributed by atoms with van der Waals surface area (Å²) in [6.45, 7) is 5.80. The van der Waals surface area contributed by atoms with Gasteiger partial charge in [-0.15, -0.1) is 0 Å². The molecule has 0 N–H and O–H groups in total. The molecule has 146 valence electrons. The van der Waals surface area contributed by atoms with E-state index >= 15 is 0 Å². The summed E-state index contributed by atoms with van der Waals surface area (Å²) in [6, 6.07) is 9.02. The van der Waals surface area contributed by atoms with E-state index in [4.69, 9.17) is 16.3 Å². The molecule has 0 aliphatic heterocycles. The van der Waals surface area contributed by atoms with Gasteiger partial charge in [-0.05, 0) is 65.7 Å². The van der Waals surface area contributed by atoms with E-state index in [0.29, 0.717) is 33.9 Å². The monoisotopic (exact) mass is 525 g/mol. The van der Waals surface area contributed by atoms with E-state index in [1.54, 1.807) is 18.3 Å². The van der Waals surface area contributed by atoms with Crippen LogP contribution in [0, 0.1) is 0 Å². The second kappa shape index (κ2) is 8.76. The fourth-order valence-corrected chi connectivity index (χ4v) is 3.99. The number of benzene rings is 2.